The topological polar surface area (TPSA) is 118 Å². The van der Waals surface area contributed by atoms with Crippen molar-refractivity contribution in [2.75, 3.05) is 18.5 Å². The van der Waals surface area contributed by atoms with Gasteiger partial charge in [-0.05, 0) is 44.7 Å². The fourth-order valence-electron chi connectivity index (χ4n) is 4.32. The summed E-state index contributed by atoms with van der Waals surface area (Å²) in [6, 6.07) is 7.53. The van der Waals surface area contributed by atoms with Crippen LogP contribution in [0.4, 0.5) is 5.69 Å². The number of nitrogens with zero attached hydrogens (tertiary/aromatic N) is 3. The Labute approximate surface area is 191 Å². The summed E-state index contributed by atoms with van der Waals surface area (Å²) in [4.78, 5) is 26.2. The average Bonchev–Trinajstić information content (AvgIpc) is 2.84. The van der Waals surface area contributed by atoms with E-state index >= 15 is 0 Å². The zero-order valence-electron chi connectivity index (χ0n) is 18.5. The van der Waals surface area contributed by atoms with Crippen molar-refractivity contribution in [1.29, 1.82) is 0 Å². The molecule has 33 heavy (non-hydrogen) atoms. The summed E-state index contributed by atoms with van der Waals surface area (Å²) < 4.78 is 11.1. The molecule has 3 heterocycles. The van der Waals surface area contributed by atoms with E-state index in [1.165, 1.54) is 0 Å². The lowest BCUT2D eigenvalue weighted by Gasteiger charge is -2.35. The van der Waals surface area contributed by atoms with Gasteiger partial charge in [-0.15, -0.1) is 0 Å². The Kier molecular flexibility index (Phi) is 5.82. The van der Waals surface area contributed by atoms with Gasteiger partial charge in [0, 0.05) is 24.8 Å². The molecule has 0 saturated heterocycles. The summed E-state index contributed by atoms with van der Waals surface area (Å²) in [7, 11) is 0. The number of carbonyl (C=O) groups is 1. The smallest absolute Gasteiger partial charge is 0.256 e. The van der Waals surface area contributed by atoms with Crippen LogP contribution in [0, 0.1) is 6.92 Å². The van der Waals surface area contributed by atoms with E-state index < -0.39 is 11.5 Å². The quantitative estimate of drug-likeness (QED) is 0.544. The van der Waals surface area contributed by atoms with E-state index in [1.54, 1.807) is 18.5 Å². The van der Waals surface area contributed by atoms with Gasteiger partial charge in [0.25, 0.3) is 5.91 Å². The van der Waals surface area contributed by atoms with E-state index in [2.05, 4.69) is 25.6 Å². The highest BCUT2D eigenvalue weighted by Crippen LogP contribution is 2.32. The molecule has 0 unspecified atom stereocenters. The number of fused-ring (bicyclic) bond motifs is 2. The SMILES string of the molecule is Cc1cnc2cccc(NC(=O)C3(O)CCC(NCc4cc5c(cn4)OCCO5)CC3)c2n1. The van der Waals surface area contributed by atoms with Crippen LogP contribution in [0.2, 0.25) is 0 Å². The van der Waals surface area contributed by atoms with Crippen LogP contribution in [-0.4, -0.2) is 50.8 Å². The molecular weight excluding hydrogens is 422 g/mol. The molecule has 1 amide bonds. The number of carbonyl (C=O) groups excluding carboxylic acids is 1. The Morgan fingerprint density at radius 1 is 1.15 bits per heavy atom. The highest BCUT2D eigenvalue weighted by Gasteiger charge is 2.40. The van der Waals surface area contributed by atoms with E-state index in [1.807, 2.05) is 25.1 Å². The maximum atomic E-state index is 13.0. The summed E-state index contributed by atoms with van der Waals surface area (Å²) in [5.74, 6) is 0.993. The Bertz CT molecular complexity index is 1180. The molecule has 2 aliphatic rings. The molecule has 0 spiro atoms. The minimum Gasteiger partial charge on any atom is -0.486 e. The third-order valence-corrected chi connectivity index (χ3v) is 6.24. The van der Waals surface area contributed by atoms with Gasteiger partial charge < -0.3 is 25.2 Å². The second kappa shape index (κ2) is 8.92. The molecule has 0 atom stereocenters. The number of amides is 1. The predicted octanol–water partition coefficient (Wildman–Crippen LogP) is 2.51. The van der Waals surface area contributed by atoms with E-state index in [0.29, 0.717) is 67.9 Å². The maximum Gasteiger partial charge on any atom is 0.256 e. The van der Waals surface area contributed by atoms with Crippen molar-refractivity contribution in [2.45, 2.75) is 50.8 Å². The number of hydrogen-bond donors (Lipinski definition) is 3. The zero-order chi connectivity index (χ0) is 22.8. The number of para-hydroxylation sites is 1. The molecule has 3 N–H and O–H groups in total. The van der Waals surface area contributed by atoms with Crippen LogP contribution < -0.4 is 20.1 Å². The number of nitrogens with one attached hydrogen (secondary N) is 2. The van der Waals surface area contributed by atoms with E-state index in [-0.39, 0.29) is 6.04 Å². The first kappa shape index (κ1) is 21.5. The molecule has 1 aliphatic heterocycles. The van der Waals surface area contributed by atoms with Crippen LogP contribution >= 0.6 is 0 Å². The monoisotopic (exact) mass is 449 g/mol. The van der Waals surface area contributed by atoms with Crippen molar-refractivity contribution in [2.24, 2.45) is 0 Å². The maximum absolute atomic E-state index is 13.0. The van der Waals surface area contributed by atoms with Gasteiger partial charge in [-0.3, -0.25) is 14.8 Å². The van der Waals surface area contributed by atoms with Crippen LogP contribution in [0.5, 0.6) is 11.5 Å². The fourth-order valence-corrected chi connectivity index (χ4v) is 4.32. The molecule has 0 bridgehead atoms. The number of ether oxygens (including phenoxy) is 2. The second-order valence-corrected chi connectivity index (χ2v) is 8.64. The van der Waals surface area contributed by atoms with Gasteiger partial charge in [-0.1, -0.05) is 6.07 Å². The van der Waals surface area contributed by atoms with Gasteiger partial charge in [-0.2, -0.15) is 0 Å². The van der Waals surface area contributed by atoms with Crippen molar-refractivity contribution in [3.05, 3.63) is 48.0 Å². The Balaban J connectivity index is 1.18. The molecule has 1 aliphatic carbocycles. The van der Waals surface area contributed by atoms with Crippen molar-refractivity contribution in [3.8, 4) is 11.5 Å². The van der Waals surface area contributed by atoms with Crippen LogP contribution in [0.1, 0.15) is 37.1 Å². The van der Waals surface area contributed by atoms with Crippen LogP contribution in [0.15, 0.2) is 36.7 Å². The number of hydrogen-bond acceptors (Lipinski definition) is 8. The highest BCUT2D eigenvalue weighted by atomic mass is 16.6. The molecule has 5 rings (SSSR count). The van der Waals surface area contributed by atoms with Crippen molar-refractivity contribution in [3.63, 3.8) is 0 Å². The Morgan fingerprint density at radius 3 is 2.76 bits per heavy atom. The number of benzene rings is 1. The first-order valence-electron chi connectivity index (χ1n) is 11.2. The average molecular weight is 450 g/mol. The van der Waals surface area contributed by atoms with E-state index in [0.717, 1.165) is 17.1 Å². The highest BCUT2D eigenvalue weighted by molar-refractivity contribution is 6.02. The first-order valence-corrected chi connectivity index (χ1v) is 11.2. The molecule has 172 valence electrons. The van der Waals surface area contributed by atoms with Crippen LogP contribution in [-0.2, 0) is 11.3 Å². The van der Waals surface area contributed by atoms with Gasteiger partial charge in [0.05, 0.1) is 28.8 Å². The van der Waals surface area contributed by atoms with Crippen molar-refractivity contribution in [1.82, 2.24) is 20.3 Å². The number of aryl methyl sites for hydroxylation is 1. The third kappa shape index (κ3) is 4.60. The lowest BCUT2D eigenvalue weighted by molar-refractivity contribution is -0.137. The van der Waals surface area contributed by atoms with Gasteiger partial charge in [0.2, 0.25) is 0 Å². The van der Waals surface area contributed by atoms with Crippen molar-refractivity contribution >= 4 is 22.6 Å². The lowest BCUT2D eigenvalue weighted by atomic mass is 9.81. The lowest BCUT2D eigenvalue weighted by Crippen LogP contribution is -2.48. The van der Waals surface area contributed by atoms with Crippen LogP contribution in [0.25, 0.3) is 11.0 Å². The molecule has 1 aromatic carbocycles. The predicted molar refractivity (Wildman–Crippen MR) is 122 cm³/mol. The Morgan fingerprint density at radius 2 is 1.94 bits per heavy atom. The summed E-state index contributed by atoms with van der Waals surface area (Å²) in [5.41, 5.74) is 2.11. The standard InChI is InChI=1S/C24H27N5O4/c1-15-12-27-18-3-2-4-19(22(18)28-15)29-23(30)24(31)7-5-16(6-8-24)25-13-17-11-20-21(14-26-17)33-10-9-32-20/h2-4,11-12,14,16,25,31H,5-10,13H2,1H3,(H,29,30). The van der Waals surface area contributed by atoms with Gasteiger partial charge in [-0.25, -0.2) is 4.98 Å². The molecule has 1 fully saturated rings. The van der Waals surface area contributed by atoms with Gasteiger partial charge in [0.1, 0.15) is 24.3 Å². The molecule has 0 radical (unpaired) electrons. The normalized spacial score (nSPS) is 22.2. The summed E-state index contributed by atoms with van der Waals surface area (Å²) in [6.07, 6.45) is 5.50. The first-order chi connectivity index (χ1) is 16.0. The minimum atomic E-state index is -1.41. The third-order valence-electron chi connectivity index (χ3n) is 6.24. The molecule has 9 heteroatoms. The Hall–Kier alpha value is -3.30. The number of anilines is 1. The van der Waals surface area contributed by atoms with Crippen molar-refractivity contribution < 1.29 is 19.4 Å². The second-order valence-electron chi connectivity index (χ2n) is 8.64. The van der Waals surface area contributed by atoms with Gasteiger partial charge in [0.15, 0.2) is 11.5 Å². The summed E-state index contributed by atoms with van der Waals surface area (Å²) in [6.45, 7) is 3.52. The molecule has 3 aromatic rings. The fraction of sp³-hybridized carbons (Fsp3) is 0.417. The van der Waals surface area contributed by atoms with E-state index in [9.17, 15) is 9.90 Å². The minimum absolute atomic E-state index is 0.194. The molecule has 9 nitrogen and oxygen atoms in total. The van der Waals surface area contributed by atoms with Crippen LogP contribution in [0.3, 0.4) is 0 Å². The summed E-state index contributed by atoms with van der Waals surface area (Å²) in [5, 5.41) is 17.4. The number of pyridine rings is 1. The molecule has 2 aromatic heterocycles. The number of aliphatic hydroxyl groups is 1. The molecular formula is C24H27N5O4. The number of rotatable bonds is 5. The molecule has 1 saturated carbocycles. The summed E-state index contributed by atoms with van der Waals surface area (Å²) >= 11 is 0. The van der Waals surface area contributed by atoms with E-state index in [4.69, 9.17) is 9.47 Å². The number of aromatic nitrogens is 3. The van der Waals surface area contributed by atoms with Gasteiger partial charge >= 0.3 is 0 Å². The largest absolute Gasteiger partial charge is 0.486 e. The zero-order valence-corrected chi connectivity index (χ0v) is 18.5.